The molecule has 0 saturated heterocycles. The van der Waals surface area contributed by atoms with Crippen molar-refractivity contribution in [1.29, 1.82) is 0 Å². The van der Waals surface area contributed by atoms with Crippen molar-refractivity contribution in [3.8, 4) is 0 Å². The lowest BCUT2D eigenvalue weighted by Gasteiger charge is -2.25. The number of rotatable bonds is 6. The number of carbonyl (C=O) groups excluding carboxylic acids is 1. The van der Waals surface area contributed by atoms with E-state index in [2.05, 4.69) is 5.16 Å². The van der Waals surface area contributed by atoms with Crippen LogP contribution in [0.2, 0.25) is 0 Å². The van der Waals surface area contributed by atoms with Crippen molar-refractivity contribution in [3.05, 3.63) is 71.3 Å². The second kappa shape index (κ2) is 7.47. The van der Waals surface area contributed by atoms with Crippen LogP contribution in [-0.2, 0) is 16.2 Å². The Morgan fingerprint density at radius 1 is 1.11 bits per heavy atom. The molecule has 0 spiro atoms. The van der Waals surface area contributed by atoms with Gasteiger partial charge in [-0.05, 0) is 42.7 Å². The van der Waals surface area contributed by atoms with Crippen LogP contribution >= 0.6 is 0 Å². The van der Waals surface area contributed by atoms with Gasteiger partial charge in [0.15, 0.2) is 6.10 Å². The van der Waals surface area contributed by atoms with E-state index in [4.69, 9.17) is 4.84 Å². The Morgan fingerprint density at radius 3 is 2.59 bits per heavy atom. The van der Waals surface area contributed by atoms with Crippen molar-refractivity contribution < 1.29 is 18.4 Å². The maximum Gasteiger partial charge on any atom is 0.226 e. The molecule has 0 bridgehead atoms. The van der Waals surface area contributed by atoms with Crippen molar-refractivity contribution >= 4 is 11.6 Å². The van der Waals surface area contributed by atoms with E-state index in [0.29, 0.717) is 30.8 Å². The Kier molecular flexibility index (Phi) is 4.88. The van der Waals surface area contributed by atoms with E-state index in [1.54, 1.807) is 29.2 Å². The van der Waals surface area contributed by atoms with Crippen molar-refractivity contribution in [2.24, 2.45) is 11.1 Å². The van der Waals surface area contributed by atoms with Crippen LogP contribution in [0.25, 0.3) is 0 Å². The molecule has 1 fully saturated rings. The Hall–Kier alpha value is -2.76. The quantitative estimate of drug-likeness (QED) is 0.774. The Balaban J connectivity index is 1.43. The third-order valence-electron chi connectivity index (χ3n) is 4.84. The molecule has 0 N–H and O–H groups in total. The summed E-state index contributed by atoms with van der Waals surface area (Å²) in [5, 5.41) is 4.08. The Labute approximate surface area is 156 Å². The average molecular weight is 370 g/mol. The van der Waals surface area contributed by atoms with E-state index >= 15 is 0 Å². The lowest BCUT2D eigenvalue weighted by Crippen LogP contribution is -2.38. The zero-order chi connectivity index (χ0) is 18.8. The molecule has 6 heteroatoms. The molecule has 27 heavy (non-hydrogen) atoms. The SMILES string of the molecule is O=C(C1CC1)N(Cc1ccc(F)cc1)C[C@@H]1CC(c2cccc(F)c2)=NO1. The summed E-state index contributed by atoms with van der Waals surface area (Å²) in [5.74, 6) is -0.441. The molecule has 2 aliphatic rings. The van der Waals surface area contributed by atoms with Crippen molar-refractivity contribution in [3.63, 3.8) is 0 Å². The molecule has 1 heterocycles. The normalized spacial score (nSPS) is 18.7. The predicted molar refractivity (Wildman–Crippen MR) is 97.0 cm³/mol. The second-order valence-electron chi connectivity index (χ2n) is 7.10. The fourth-order valence-corrected chi connectivity index (χ4v) is 3.24. The van der Waals surface area contributed by atoms with Crippen LogP contribution < -0.4 is 0 Å². The average Bonchev–Trinajstić information content (AvgIpc) is 3.41. The summed E-state index contributed by atoms with van der Waals surface area (Å²) in [6.07, 6.45) is 2.07. The van der Waals surface area contributed by atoms with Crippen LogP contribution in [0.3, 0.4) is 0 Å². The first-order chi connectivity index (χ1) is 13.1. The molecule has 0 radical (unpaired) electrons. The molecule has 2 aromatic carbocycles. The van der Waals surface area contributed by atoms with Crippen LogP contribution in [0.5, 0.6) is 0 Å². The number of hydrogen-bond acceptors (Lipinski definition) is 3. The summed E-state index contributed by atoms with van der Waals surface area (Å²) in [5.41, 5.74) is 2.24. The number of halogens is 2. The van der Waals surface area contributed by atoms with Gasteiger partial charge in [-0.1, -0.05) is 29.4 Å². The molecule has 1 amide bonds. The van der Waals surface area contributed by atoms with Crippen LogP contribution in [0, 0.1) is 17.6 Å². The van der Waals surface area contributed by atoms with E-state index in [-0.39, 0.29) is 29.6 Å². The number of hydrogen-bond donors (Lipinski definition) is 0. The van der Waals surface area contributed by atoms with Gasteiger partial charge in [-0.25, -0.2) is 8.78 Å². The lowest BCUT2D eigenvalue weighted by molar-refractivity contribution is -0.135. The first kappa shape index (κ1) is 17.6. The highest BCUT2D eigenvalue weighted by Gasteiger charge is 2.35. The fourth-order valence-electron chi connectivity index (χ4n) is 3.24. The highest BCUT2D eigenvalue weighted by molar-refractivity contribution is 6.01. The fraction of sp³-hybridized carbons (Fsp3) is 0.333. The molecule has 0 unspecified atom stereocenters. The highest BCUT2D eigenvalue weighted by atomic mass is 19.1. The zero-order valence-corrected chi connectivity index (χ0v) is 14.8. The van der Waals surface area contributed by atoms with Gasteiger partial charge >= 0.3 is 0 Å². The monoisotopic (exact) mass is 370 g/mol. The molecule has 4 nitrogen and oxygen atoms in total. The van der Waals surface area contributed by atoms with Gasteiger partial charge in [0.05, 0.1) is 12.3 Å². The third kappa shape index (κ3) is 4.32. The Bertz CT molecular complexity index is 863. The van der Waals surface area contributed by atoms with E-state index < -0.39 is 0 Å². The van der Waals surface area contributed by atoms with Gasteiger partial charge in [0.1, 0.15) is 11.6 Å². The molecular formula is C21H20F2N2O2. The van der Waals surface area contributed by atoms with Crippen molar-refractivity contribution in [2.75, 3.05) is 6.54 Å². The van der Waals surface area contributed by atoms with Crippen molar-refractivity contribution in [2.45, 2.75) is 31.9 Å². The predicted octanol–water partition coefficient (Wildman–Crippen LogP) is 3.90. The smallest absolute Gasteiger partial charge is 0.226 e. The van der Waals surface area contributed by atoms with Gasteiger partial charge in [0, 0.05) is 24.4 Å². The maximum absolute atomic E-state index is 13.4. The minimum Gasteiger partial charge on any atom is -0.390 e. The van der Waals surface area contributed by atoms with Gasteiger partial charge in [-0.3, -0.25) is 4.79 Å². The molecule has 1 saturated carbocycles. The first-order valence-corrected chi connectivity index (χ1v) is 9.10. The first-order valence-electron chi connectivity index (χ1n) is 9.10. The largest absolute Gasteiger partial charge is 0.390 e. The molecule has 1 aliphatic heterocycles. The zero-order valence-electron chi connectivity index (χ0n) is 14.8. The lowest BCUT2D eigenvalue weighted by atomic mass is 10.0. The number of amides is 1. The van der Waals surface area contributed by atoms with E-state index in [1.807, 2.05) is 0 Å². The summed E-state index contributed by atoms with van der Waals surface area (Å²) < 4.78 is 26.6. The maximum atomic E-state index is 13.4. The van der Waals surface area contributed by atoms with Crippen LogP contribution in [-0.4, -0.2) is 29.2 Å². The summed E-state index contributed by atoms with van der Waals surface area (Å²) in [7, 11) is 0. The molecule has 4 rings (SSSR count). The van der Waals surface area contributed by atoms with Gasteiger partial charge in [-0.2, -0.15) is 0 Å². The molecular weight excluding hydrogens is 350 g/mol. The summed E-state index contributed by atoms with van der Waals surface area (Å²) in [6.45, 7) is 0.805. The van der Waals surface area contributed by atoms with Gasteiger partial charge < -0.3 is 9.74 Å². The minimum atomic E-state index is -0.319. The topological polar surface area (TPSA) is 41.9 Å². The van der Waals surface area contributed by atoms with Gasteiger partial charge in [-0.15, -0.1) is 0 Å². The minimum absolute atomic E-state index is 0.0791. The number of carbonyl (C=O) groups is 1. The molecule has 140 valence electrons. The third-order valence-corrected chi connectivity index (χ3v) is 4.84. The van der Waals surface area contributed by atoms with Crippen LogP contribution in [0.15, 0.2) is 53.7 Å². The van der Waals surface area contributed by atoms with E-state index in [0.717, 1.165) is 18.4 Å². The number of nitrogens with zero attached hydrogens (tertiary/aromatic N) is 2. The molecule has 2 aromatic rings. The van der Waals surface area contributed by atoms with Gasteiger partial charge in [0.25, 0.3) is 0 Å². The van der Waals surface area contributed by atoms with Gasteiger partial charge in [0.2, 0.25) is 5.91 Å². The van der Waals surface area contributed by atoms with Crippen molar-refractivity contribution in [1.82, 2.24) is 4.90 Å². The highest BCUT2D eigenvalue weighted by Crippen LogP contribution is 2.32. The summed E-state index contributed by atoms with van der Waals surface area (Å²) in [6, 6.07) is 12.4. The number of oxime groups is 1. The van der Waals surface area contributed by atoms with Crippen LogP contribution in [0.4, 0.5) is 8.78 Å². The molecule has 1 aliphatic carbocycles. The van der Waals surface area contributed by atoms with E-state index in [1.165, 1.54) is 24.3 Å². The molecule has 1 atom stereocenters. The molecule has 0 aromatic heterocycles. The summed E-state index contributed by atoms with van der Waals surface area (Å²) in [4.78, 5) is 19.9. The van der Waals surface area contributed by atoms with E-state index in [9.17, 15) is 13.6 Å². The Morgan fingerprint density at radius 2 is 1.89 bits per heavy atom. The standard InChI is InChI=1S/C21H20F2N2O2/c22-17-8-4-14(5-9-17)12-25(21(26)15-6-7-15)13-19-11-20(24-27-19)16-2-1-3-18(23)10-16/h1-5,8-10,15,19H,6-7,11-13H2/t19-/m0/s1. The number of benzene rings is 2. The second-order valence-corrected chi connectivity index (χ2v) is 7.10. The summed E-state index contributed by atoms with van der Waals surface area (Å²) >= 11 is 0. The van der Waals surface area contributed by atoms with Crippen LogP contribution in [0.1, 0.15) is 30.4 Å².